The van der Waals surface area contributed by atoms with Gasteiger partial charge in [-0.1, -0.05) is 18.6 Å². The van der Waals surface area contributed by atoms with Crippen LogP contribution in [0.3, 0.4) is 0 Å². The molecular weight excluding hydrogens is 246 g/mol. The Kier molecular flexibility index (Phi) is 4.53. The second-order valence-corrected chi connectivity index (χ2v) is 5.48. The molecule has 0 bridgehead atoms. The Balaban J connectivity index is 2.18. The van der Waals surface area contributed by atoms with Crippen LogP contribution in [0.1, 0.15) is 37.8 Å². The normalized spacial score (nSPS) is 24.9. The molecule has 0 aromatic heterocycles. The molecule has 0 saturated heterocycles. The third-order valence-electron chi connectivity index (χ3n) is 4.49. The lowest BCUT2D eigenvalue weighted by Crippen LogP contribution is -2.39. The summed E-state index contributed by atoms with van der Waals surface area (Å²) in [6, 6.07) is 4.60. The fourth-order valence-electron chi connectivity index (χ4n) is 3.18. The highest BCUT2D eigenvalue weighted by Crippen LogP contribution is 2.34. The first-order valence-electron chi connectivity index (χ1n) is 6.92. The van der Waals surface area contributed by atoms with Gasteiger partial charge in [-0.3, -0.25) is 4.90 Å². The van der Waals surface area contributed by atoms with Gasteiger partial charge in [-0.15, -0.1) is 0 Å². The summed E-state index contributed by atoms with van der Waals surface area (Å²) in [7, 11) is 1.98. The topological polar surface area (TPSA) is 29.3 Å². The lowest BCUT2D eigenvalue weighted by Gasteiger charge is -2.34. The second-order valence-electron chi connectivity index (χ2n) is 5.48. The average molecular weight is 268 g/mol. The van der Waals surface area contributed by atoms with Crippen molar-refractivity contribution in [3.63, 3.8) is 0 Å². The number of nitrogens with two attached hydrogens (primary N) is 1. The Morgan fingerprint density at radius 2 is 2.11 bits per heavy atom. The fraction of sp³-hybridized carbons (Fsp3) is 0.600. The maximum Gasteiger partial charge on any atom is 0.163 e. The monoisotopic (exact) mass is 268 g/mol. The van der Waals surface area contributed by atoms with Crippen LogP contribution in [0.5, 0.6) is 0 Å². The molecule has 1 saturated carbocycles. The highest BCUT2D eigenvalue weighted by Gasteiger charge is 2.32. The molecule has 2 N–H and O–H groups in total. The quantitative estimate of drug-likeness (QED) is 0.909. The number of nitrogens with zero attached hydrogens (tertiary/aromatic N) is 1. The zero-order valence-corrected chi connectivity index (χ0v) is 11.6. The van der Waals surface area contributed by atoms with Crippen molar-refractivity contribution in [2.75, 3.05) is 13.6 Å². The van der Waals surface area contributed by atoms with Crippen LogP contribution in [0.25, 0.3) is 0 Å². The van der Waals surface area contributed by atoms with E-state index >= 15 is 0 Å². The largest absolute Gasteiger partial charge is 0.330 e. The number of halogens is 2. The van der Waals surface area contributed by atoms with E-state index in [0.29, 0.717) is 24.1 Å². The molecule has 1 aromatic carbocycles. The lowest BCUT2D eigenvalue weighted by atomic mass is 9.98. The van der Waals surface area contributed by atoms with Crippen LogP contribution in [0.4, 0.5) is 8.78 Å². The molecule has 1 aromatic rings. The van der Waals surface area contributed by atoms with Gasteiger partial charge in [-0.25, -0.2) is 8.78 Å². The minimum absolute atomic E-state index is 0.146. The minimum atomic E-state index is -0.778. The highest BCUT2D eigenvalue weighted by atomic mass is 19.2. The molecule has 0 aliphatic heterocycles. The van der Waals surface area contributed by atoms with Crippen LogP contribution in [0.2, 0.25) is 0 Å². The van der Waals surface area contributed by atoms with Gasteiger partial charge in [0.1, 0.15) is 0 Å². The fourth-order valence-corrected chi connectivity index (χ4v) is 3.18. The smallest absolute Gasteiger partial charge is 0.163 e. The molecule has 2 rings (SSSR count). The van der Waals surface area contributed by atoms with Crippen LogP contribution in [0, 0.1) is 17.6 Å². The third-order valence-corrected chi connectivity index (χ3v) is 4.49. The van der Waals surface area contributed by atoms with Gasteiger partial charge in [0.25, 0.3) is 0 Å². The van der Waals surface area contributed by atoms with Gasteiger partial charge in [-0.2, -0.15) is 0 Å². The van der Waals surface area contributed by atoms with E-state index in [1.807, 2.05) is 14.0 Å². The van der Waals surface area contributed by atoms with E-state index in [0.717, 1.165) is 25.3 Å². The van der Waals surface area contributed by atoms with Gasteiger partial charge in [0.15, 0.2) is 11.6 Å². The van der Waals surface area contributed by atoms with Gasteiger partial charge < -0.3 is 5.73 Å². The maximum absolute atomic E-state index is 13.9. The van der Waals surface area contributed by atoms with E-state index in [2.05, 4.69) is 4.90 Å². The van der Waals surface area contributed by atoms with Crippen molar-refractivity contribution < 1.29 is 8.78 Å². The van der Waals surface area contributed by atoms with Gasteiger partial charge in [0, 0.05) is 17.6 Å². The Morgan fingerprint density at radius 3 is 2.79 bits per heavy atom. The average Bonchev–Trinajstić information content (AvgIpc) is 2.88. The molecule has 19 heavy (non-hydrogen) atoms. The SMILES string of the molecule is CC(c1cccc(F)c1F)N(C)C1CCCC1CN. The molecule has 2 nitrogen and oxygen atoms in total. The molecule has 0 heterocycles. The van der Waals surface area contributed by atoms with Crippen molar-refractivity contribution >= 4 is 0 Å². The molecule has 0 amide bonds. The predicted octanol–water partition coefficient (Wildman–Crippen LogP) is 3.09. The molecular formula is C15H22F2N2. The summed E-state index contributed by atoms with van der Waals surface area (Å²) in [5, 5.41) is 0. The second kappa shape index (κ2) is 5.97. The Morgan fingerprint density at radius 1 is 1.37 bits per heavy atom. The number of hydrogen-bond acceptors (Lipinski definition) is 2. The molecule has 0 spiro atoms. The van der Waals surface area contributed by atoms with E-state index < -0.39 is 11.6 Å². The Labute approximate surface area is 113 Å². The van der Waals surface area contributed by atoms with E-state index in [9.17, 15) is 8.78 Å². The third kappa shape index (κ3) is 2.79. The molecule has 1 fully saturated rings. The minimum Gasteiger partial charge on any atom is -0.330 e. The van der Waals surface area contributed by atoms with E-state index in [1.165, 1.54) is 0 Å². The number of benzene rings is 1. The van der Waals surface area contributed by atoms with Gasteiger partial charge >= 0.3 is 0 Å². The zero-order chi connectivity index (χ0) is 14.0. The summed E-state index contributed by atoms with van der Waals surface area (Å²) in [4.78, 5) is 2.14. The van der Waals surface area contributed by atoms with Crippen molar-refractivity contribution in [1.82, 2.24) is 4.90 Å². The molecule has 1 aliphatic rings. The summed E-state index contributed by atoms with van der Waals surface area (Å²) in [5.74, 6) is -1.05. The van der Waals surface area contributed by atoms with Gasteiger partial charge in [0.05, 0.1) is 0 Å². The van der Waals surface area contributed by atoms with Crippen molar-refractivity contribution in [2.24, 2.45) is 11.7 Å². The van der Waals surface area contributed by atoms with Crippen molar-refractivity contribution in [2.45, 2.75) is 38.3 Å². The Bertz CT molecular complexity index is 436. The van der Waals surface area contributed by atoms with Crippen LogP contribution in [-0.2, 0) is 0 Å². The first-order valence-corrected chi connectivity index (χ1v) is 6.92. The van der Waals surface area contributed by atoms with Crippen LogP contribution < -0.4 is 5.73 Å². The van der Waals surface area contributed by atoms with Gasteiger partial charge in [0.2, 0.25) is 0 Å². The highest BCUT2D eigenvalue weighted by molar-refractivity contribution is 5.22. The van der Waals surface area contributed by atoms with Crippen LogP contribution >= 0.6 is 0 Å². The van der Waals surface area contributed by atoms with E-state index in [-0.39, 0.29) is 6.04 Å². The van der Waals surface area contributed by atoms with E-state index in [4.69, 9.17) is 5.73 Å². The zero-order valence-electron chi connectivity index (χ0n) is 11.6. The molecule has 0 radical (unpaired) electrons. The standard InChI is InChI=1S/C15H22F2N2/c1-10(12-6-4-7-13(16)15(12)17)19(2)14-8-3-5-11(14)9-18/h4,6-7,10-11,14H,3,5,8-9,18H2,1-2H3. The van der Waals surface area contributed by atoms with Crippen molar-refractivity contribution in [1.29, 1.82) is 0 Å². The van der Waals surface area contributed by atoms with Gasteiger partial charge in [-0.05, 0) is 45.3 Å². The number of hydrogen-bond donors (Lipinski definition) is 1. The summed E-state index contributed by atoms with van der Waals surface area (Å²) in [6.07, 6.45) is 3.37. The van der Waals surface area contributed by atoms with Crippen LogP contribution in [-0.4, -0.2) is 24.5 Å². The Hall–Kier alpha value is -1.00. The summed E-state index contributed by atoms with van der Waals surface area (Å²) < 4.78 is 27.2. The molecule has 3 atom stereocenters. The van der Waals surface area contributed by atoms with Crippen molar-refractivity contribution in [3.8, 4) is 0 Å². The predicted molar refractivity (Wildman–Crippen MR) is 72.7 cm³/mol. The lowest BCUT2D eigenvalue weighted by molar-refractivity contribution is 0.149. The number of rotatable bonds is 4. The summed E-state index contributed by atoms with van der Waals surface area (Å²) in [5.41, 5.74) is 6.22. The molecule has 1 aliphatic carbocycles. The molecule has 4 heteroatoms. The summed E-state index contributed by atoms with van der Waals surface area (Å²) in [6.45, 7) is 2.58. The maximum atomic E-state index is 13.9. The first-order chi connectivity index (χ1) is 9.06. The molecule has 3 unspecified atom stereocenters. The first kappa shape index (κ1) is 14.4. The van der Waals surface area contributed by atoms with E-state index in [1.54, 1.807) is 12.1 Å². The van der Waals surface area contributed by atoms with Crippen molar-refractivity contribution in [3.05, 3.63) is 35.4 Å². The van der Waals surface area contributed by atoms with Crippen LogP contribution in [0.15, 0.2) is 18.2 Å². The summed E-state index contributed by atoms with van der Waals surface area (Å²) >= 11 is 0. The molecule has 106 valence electrons.